The molecule has 3 rings (SSSR count). The summed E-state index contributed by atoms with van der Waals surface area (Å²) >= 11 is 4.18. The predicted octanol–water partition coefficient (Wildman–Crippen LogP) is 8.01. The number of benzene rings is 3. The van der Waals surface area contributed by atoms with Crippen molar-refractivity contribution < 1.29 is 31.1 Å². The van der Waals surface area contributed by atoms with Crippen LogP contribution in [0, 0.1) is 5.92 Å². The molecule has 0 aliphatic heterocycles. The Labute approximate surface area is 226 Å². The van der Waals surface area contributed by atoms with Gasteiger partial charge in [-0.15, -0.1) is 0 Å². The zero-order chi connectivity index (χ0) is 28.4. The van der Waals surface area contributed by atoms with Crippen molar-refractivity contribution in [3.05, 3.63) is 95.6 Å². The topological polar surface area (TPSA) is 29.1 Å². The second-order valence-electron chi connectivity index (χ2n) is 9.66. The molecule has 1 atom stereocenters. The third-order valence-corrected chi connectivity index (χ3v) is 17.2. The van der Waals surface area contributed by atoms with Gasteiger partial charge in [-0.25, -0.2) is 0 Å². The molecular weight excluding hydrogens is 591 g/mol. The summed E-state index contributed by atoms with van der Waals surface area (Å²) in [5.41, 5.74) is -3.75. The van der Waals surface area contributed by atoms with Crippen molar-refractivity contribution in [2.24, 2.45) is 5.92 Å². The molecule has 0 saturated carbocycles. The van der Waals surface area contributed by atoms with E-state index < -0.39 is 46.3 Å². The fraction of sp³-hybridized carbons (Fsp3) is 0.321. The number of carbonyl (C=O) groups excluding carboxylic acids is 1. The predicted molar refractivity (Wildman–Crippen MR) is 146 cm³/mol. The van der Waals surface area contributed by atoms with E-state index in [4.69, 9.17) is 0 Å². The summed E-state index contributed by atoms with van der Waals surface area (Å²) in [6.07, 6.45) is -9.01. The SMILES string of the molecule is CCP(Br)(C[C@@H](NC(=O)c1cc(C(F)(F)F)cc(C(F)(F)F)c1)C(C)C)(c1ccccc1)c1ccccc1. The zero-order valence-corrected chi connectivity index (χ0v) is 23.6. The first-order chi connectivity index (χ1) is 17.6. The van der Waals surface area contributed by atoms with Gasteiger partial charge >= 0.3 is 227 Å². The van der Waals surface area contributed by atoms with Crippen LogP contribution < -0.4 is 15.9 Å². The van der Waals surface area contributed by atoms with Crippen molar-refractivity contribution in [1.29, 1.82) is 0 Å². The zero-order valence-electron chi connectivity index (χ0n) is 21.1. The Morgan fingerprint density at radius 3 is 1.58 bits per heavy atom. The standard InChI is InChI=1S/C28H29BrF6NOP/c1-4-38(29,23-11-7-5-8-12-23,24-13-9-6-10-14-24)18-25(19(2)3)36-26(37)20-15-21(27(30,31)32)17-22(16-20)28(33,34)35/h5-17,19,25H,4,18H2,1-3H3,(H,36,37)/t25-/m1/s1. The first-order valence-corrected chi connectivity index (χ1v) is 16.7. The molecule has 0 unspecified atom stereocenters. The average Bonchev–Trinajstić information content (AvgIpc) is 2.88. The van der Waals surface area contributed by atoms with Crippen LogP contribution in [0.15, 0.2) is 78.9 Å². The molecular formula is C28H29BrF6NOP. The number of carbonyl (C=O) groups is 1. The van der Waals surface area contributed by atoms with Crippen molar-refractivity contribution in [3.8, 4) is 0 Å². The first kappa shape index (κ1) is 30.2. The quantitative estimate of drug-likeness (QED) is 0.201. The Balaban J connectivity index is 2.09. The van der Waals surface area contributed by atoms with E-state index in [0.29, 0.717) is 24.5 Å². The molecule has 0 spiro atoms. The van der Waals surface area contributed by atoms with Crippen LogP contribution in [-0.2, 0) is 12.4 Å². The van der Waals surface area contributed by atoms with Gasteiger partial charge in [0.05, 0.1) is 0 Å². The summed E-state index contributed by atoms with van der Waals surface area (Å²) in [6, 6.07) is 19.9. The minimum absolute atomic E-state index is 0.0175. The Bertz CT molecular complexity index is 1190. The second kappa shape index (κ2) is 11.0. The summed E-state index contributed by atoms with van der Waals surface area (Å²) in [4.78, 5) is 13.2. The third kappa shape index (κ3) is 6.26. The van der Waals surface area contributed by atoms with Gasteiger partial charge in [0, 0.05) is 0 Å². The van der Waals surface area contributed by atoms with Gasteiger partial charge in [-0.05, 0) is 0 Å². The summed E-state index contributed by atoms with van der Waals surface area (Å²) in [5.74, 6) is -1.17. The molecule has 1 amide bonds. The molecule has 0 fully saturated rings. The van der Waals surface area contributed by atoms with Crippen LogP contribution >= 0.6 is 20.8 Å². The molecule has 3 aromatic carbocycles. The molecule has 0 aliphatic rings. The molecule has 0 radical (unpaired) electrons. The molecule has 1 N–H and O–H groups in total. The Morgan fingerprint density at radius 2 is 1.24 bits per heavy atom. The molecule has 0 saturated heterocycles. The molecule has 0 heterocycles. The normalized spacial score (nSPS) is 14.6. The van der Waals surface area contributed by atoms with E-state index >= 15 is 0 Å². The maximum absolute atomic E-state index is 13.4. The van der Waals surface area contributed by atoms with E-state index in [1.807, 2.05) is 81.4 Å². The van der Waals surface area contributed by atoms with Gasteiger partial charge < -0.3 is 0 Å². The van der Waals surface area contributed by atoms with E-state index in [1.54, 1.807) is 0 Å². The van der Waals surface area contributed by atoms with Crippen LogP contribution in [0.25, 0.3) is 0 Å². The van der Waals surface area contributed by atoms with E-state index in [1.165, 1.54) is 0 Å². The third-order valence-electron chi connectivity index (χ3n) is 6.90. The van der Waals surface area contributed by atoms with E-state index in [-0.39, 0.29) is 12.0 Å². The van der Waals surface area contributed by atoms with Crippen molar-refractivity contribution in [2.45, 2.75) is 39.2 Å². The molecule has 0 bridgehead atoms. The molecule has 2 nitrogen and oxygen atoms in total. The Hall–Kier alpha value is -2.38. The molecule has 0 aromatic heterocycles. The number of hydrogen-bond acceptors (Lipinski definition) is 1. The molecule has 206 valence electrons. The second-order valence-corrected chi connectivity index (χ2v) is 19.6. The fourth-order valence-corrected chi connectivity index (χ4v) is 11.7. The monoisotopic (exact) mass is 619 g/mol. The maximum atomic E-state index is 13.4. The molecule has 38 heavy (non-hydrogen) atoms. The van der Waals surface area contributed by atoms with Gasteiger partial charge in [-0.1, -0.05) is 0 Å². The number of halogens is 7. The van der Waals surface area contributed by atoms with Crippen LogP contribution in [0.4, 0.5) is 26.3 Å². The number of alkyl halides is 6. The summed E-state index contributed by atoms with van der Waals surface area (Å²) in [5, 5.41) is 1.67. The van der Waals surface area contributed by atoms with Gasteiger partial charge in [0.1, 0.15) is 0 Å². The van der Waals surface area contributed by atoms with Crippen LogP contribution in [0.2, 0.25) is 0 Å². The van der Waals surface area contributed by atoms with Gasteiger partial charge in [0.15, 0.2) is 0 Å². The van der Waals surface area contributed by atoms with Gasteiger partial charge in [-0.3, -0.25) is 0 Å². The van der Waals surface area contributed by atoms with Crippen LogP contribution in [0.3, 0.4) is 0 Å². The van der Waals surface area contributed by atoms with Gasteiger partial charge in [-0.2, -0.15) is 0 Å². The fourth-order valence-electron chi connectivity index (χ4n) is 4.56. The van der Waals surface area contributed by atoms with Crippen molar-refractivity contribution >= 4 is 37.3 Å². The number of amides is 1. The Kier molecular flexibility index (Phi) is 8.74. The number of nitrogens with one attached hydrogen (secondary N) is 1. The van der Waals surface area contributed by atoms with E-state index in [9.17, 15) is 31.1 Å². The number of rotatable bonds is 8. The number of hydrogen-bond donors (Lipinski definition) is 1. The first-order valence-electron chi connectivity index (χ1n) is 12.0. The van der Waals surface area contributed by atoms with Crippen molar-refractivity contribution in [1.82, 2.24) is 5.32 Å². The molecule has 0 aliphatic carbocycles. The molecule has 10 heteroatoms. The van der Waals surface area contributed by atoms with Gasteiger partial charge in [0.2, 0.25) is 0 Å². The van der Waals surface area contributed by atoms with Crippen LogP contribution in [-0.4, -0.2) is 24.3 Å². The van der Waals surface area contributed by atoms with Crippen LogP contribution in [0.1, 0.15) is 42.3 Å². The summed E-state index contributed by atoms with van der Waals surface area (Å²) in [6.45, 7) is 5.75. The van der Waals surface area contributed by atoms with E-state index in [0.717, 1.165) is 10.6 Å². The molecule has 3 aromatic rings. The van der Waals surface area contributed by atoms with Crippen molar-refractivity contribution in [3.63, 3.8) is 0 Å². The summed E-state index contributed by atoms with van der Waals surface area (Å²) < 4.78 is 80.3. The van der Waals surface area contributed by atoms with Crippen LogP contribution in [0.5, 0.6) is 0 Å². The van der Waals surface area contributed by atoms with Gasteiger partial charge in [0.25, 0.3) is 0 Å². The van der Waals surface area contributed by atoms with E-state index in [2.05, 4.69) is 20.8 Å². The van der Waals surface area contributed by atoms with Crippen molar-refractivity contribution in [2.75, 3.05) is 12.3 Å². The average molecular weight is 620 g/mol. The minimum atomic E-state index is -5.04. The summed E-state index contributed by atoms with van der Waals surface area (Å²) in [7, 11) is 0. The Morgan fingerprint density at radius 1 is 0.816 bits per heavy atom.